The van der Waals surface area contributed by atoms with Gasteiger partial charge in [0, 0.05) is 6.54 Å². The standard InChI is InChI=1S/C13H20N2O2/c1-2-6-12(9-14)13(16)15-17-10-11-7-4-3-5-8-11/h3-5,7-8,12H,2,6,9-10,14H2,1H3,(H,15,16). The second-order valence-corrected chi connectivity index (χ2v) is 3.96. The first-order valence-electron chi connectivity index (χ1n) is 5.93. The molecular weight excluding hydrogens is 216 g/mol. The molecule has 4 heteroatoms. The average Bonchev–Trinajstić information content (AvgIpc) is 2.37. The summed E-state index contributed by atoms with van der Waals surface area (Å²) in [5.41, 5.74) is 9.00. The molecule has 1 aromatic carbocycles. The Hall–Kier alpha value is -1.39. The lowest BCUT2D eigenvalue weighted by Gasteiger charge is -2.13. The van der Waals surface area contributed by atoms with Gasteiger partial charge in [-0.2, -0.15) is 0 Å². The highest BCUT2D eigenvalue weighted by Crippen LogP contribution is 2.05. The normalized spacial score (nSPS) is 12.1. The molecule has 3 N–H and O–H groups in total. The van der Waals surface area contributed by atoms with Crippen LogP contribution in [0.4, 0.5) is 0 Å². The first-order chi connectivity index (χ1) is 8.27. The Morgan fingerprint density at radius 3 is 2.71 bits per heavy atom. The Morgan fingerprint density at radius 2 is 2.12 bits per heavy atom. The van der Waals surface area contributed by atoms with Crippen molar-refractivity contribution in [2.45, 2.75) is 26.4 Å². The van der Waals surface area contributed by atoms with E-state index < -0.39 is 0 Å². The van der Waals surface area contributed by atoms with Gasteiger partial charge in [-0.25, -0.2) is 5.48 Å². The fourth-order valence-electron chi connectivity index (χ4n) is 1.55. The number of hydrogen-bond donors (Lipinski definition) is 2. The fraction of sp³-hybridized carbons (Fsp3) is 0.462. The third-order valence-electron chi connectivity index (χ3n) is 2.55. The van der Waals surface area contributed by atoms with E-state index in [1.54, 1.807) is 0 Å². The van der Waals surface area contributed by atoms with E-state index in [1.165, 1.54) is 0 Å². The van der Waals surface area contributed by atoms with Gasteiger partial charge in [-0.1, -0.05) is 43.7 Å². The maximum atomic E-state index is 11.6. The Bertz CT molecular complexity index is 327. The maximum absolute atomic E-state index is 11.6. The average molecular weight is 236 g/mol. The van der Waals surface area contributed by atoms with Crippen molar-refractivity contribution in [1.29, 1.82) is 0 Å². The molecule has 0 bridgehead atoms. The number of amides is 1. The fourth-order valence-corrected chi connectivity index (χ4v) is 1.55. The molecule has 1 amide bonds. The first-order valence-corrected chi connectivity index (χ1v) is 5.93. The van der Waals surface area contributed by atoms with Crippen LogP contribution in [0, 0.1) is 5.92 Å². The molecule has 0 aliphatic rings. The Labute approximate surface area is 102 Å². The van der Waals surface area contributed by atoms with Gasteiger partial charge in [-0.3, -0.25) is 9.63 Å². The molecule has 0 saturated heterocycles. The molecule has 1 rings (SSSR count). The smallest absolute Gasteiger partial charge is 0.247 e. The monoisotopic (exact) mass is 236 g/mol. The van der Waals surface area contributed by atoms with Crippen LogP contribution in [0.1, 0.15) is 25.3 Å². The van der Waals surface area contributed by atoms with Crippen molar-refractivity contribution in [3.63, 3.8) is 0 Å². The summed E-state index contributed by atoms with van der Waals surface area (Å²) >= 11 is 0. The lowest BCUT2D eigenvalue weighted by molar-refractivity contribution is -0.138. The van der Waals surface area contributed by atoms with Crippen molar-refractivity contribution in [2.75, 3.05) is 6.54 Å². The lowest BCUT2D eigenvalue weighted by atomic mass is 10.0. The van der Waals surface area contributed by atoms with Gasteiger partial charge in [0.2, 0.25) is 5.91 Å². The minimum atomic E-state index is -0.157. The van der Waals surface area contributed by atoms with Gasteiger partial charge in [-0.05, 0) is 12.0 Å². The number of benzene rings is 1. The number of hydrogen-bond acceptors (Lipinski definition) is 3. The minimum absolute atomic E-state index is 0.134. The molecule has 94 valence electrons. The molecule has 0 heterocycles. The predicted molar refractivity (Wildman–Crippen MR) is 66.8 cm³/mol. The highest BCUT2D eigenvalue weighted by atomic mass is 16.6. The van der Waals surface area contributed by atoms with E-state index >= 15 is 0 Å². The summed E-state index contributed by atoms with van der Waals surface area (Å²) in [6.45, 7) is 2.76. The topological polar surface area (TPSA) is 64.4 Å². The van der Waals surface area contributed by atoms with Crippen molar-refractivity contribution >= 4 is 5.91 Å². The number of hydroxylamine groups is 1. The van der Waals surface area contributed by atoms with Crippen LogP contribution in [0.5, 0.6) is 0 Å². The van der Waals surface area contributed by atoms with Crippen molar-refractivity contribution in [2.24, 2.45) is 11.7 Å². The van der Waals surface area contributed by atoms with E-state index in [0.29, 0.717) is 13.2 Å². The second kappa shape index (κ2) is 7.81. The first kappa shape index (κ1) is 13.7. The Kier molecular flexibility index (Phi) is 6.29. The minimum Gasteiger partial charge on any atom is -0.330 e. The van der Waals surface area contributed by atoms with Crippen LogP contribution in [0.3, 0.4) is 0 Å². The molecule has 0 fully saturated rings. The van der Waals surface area contributed by atoms with E-state index in [9.17, 15) is 4.79 Å². The van der Waals surface area contributed by atoms with Gasteiger partial charge >= 0.3 is 0 Å². The number of nitrogens with one attached hydrogen (secondary N) is 1. The van der Waals surface area contributed by atoms with Crippen LogP contribution in [0.25, 0.3) is 0 Å². The number of nitrogens with two attached hydrogens (primary N) is 1. The van der Waals surface area contributed by atoms with Crippen molar-refractivity contribution in [3.8, 4) is 0 Å². The Balaban J connectivity index is 2.28. The summed E-state index contributed by atoms with van der Waals surface area (Å²) in [5.74, 6) is -0.291. The van der Waals surface area contributed by atoms with E-state index in [2.05, 4.69) is 5.48 Å². The third-order valence-corrected chi connectivity index (χ3v) is 2.55. The van der Waals surface area contributed by atoms with Crippen LogP contribution < -0.4 is 11.2 Å². The van der Waals surface area contributed by atoms with Crippen molar-refractivity contribution in [3.05, 3.63) is 35.9 Å². The van der Waals surface area contributed by atoms with Crippen molar-refractivity contribution in [1.82, 2.24) is 5.48 Å². The van der Waals surface area contributed by atoms with Gasteiger partial charge < -0.3 is 5.73 Å². The lowest BCUT2D eigenvalue weighted by Crippen LogP contribution is -2.34. The van der Waals surface area contributed by atoms with Gasteiger partial charge in [0.15, 0.2) is 0 Å². The summed E-state index contributed by atoms with van der Waals surface area (Å²) in [4.78, 5) is 16.8. The quantitative estimate of drug-likeness (QED) is 0.707. The van der Waals surface area contributed by atoms with E-state index in [0.717, 1.165) is 18.4 Å². The van der Waals surface area contributed by atoms with Crippen LogP contribution in [-0.4, -0.2) is 12.5 Å². The summed E-state index contributed by atoms with van der Waals surface area (Å²) < 4.78 is 0. The highest BCUT2D eigenvalue weighted by molar-refractivity contribution is 5.77. The zero-order valence-corrected chi connectivity index (χ0v) is 10.2. The summed E-state index contributed by atoms with van der Waals surface area (Å²) in [5, 5.41) is 0. The molecule has 1 aromatic rings. The summed E-state index contributed by atoms with van der Waals surface area (Å²) in [6, 6.07) is 9.69. The van der Waals surface area contributed by atoms with Gasteiger partial charge in [0.1, 0.15) is 0 Å². The van der Waals surface area contributed by atoms with Crippen LogP contribution in [0.2, 0.25) is 0 Å². The van der Waals surface area contributed by atoms with E-state index in [-0.39, 0.29) is 11.8 Å². The molecule has 17 heavy (non-hydrogen) atoms. The molecule has 0 radical (unpaired) electrons. The SMILES string of the molecule is CCCC(CN)C(=O)NOCc1ccccc1. The van der Waals surface area contributed by atoms with Crippen molar-refractivity contribution < 1.29 is 9.63 Å². The number of carbonyl (C=O) groups excluding carboxylic acids is 1. The zero-order chi connectivity index (χ0) is 12.5. The molecular formula is C13H20N2O2. The molecule has 0 aliphatic heterocycles. The van der Waals surface area contributed by atoms with Crippen LogP contribution >= 0.6 is 0 Å². The van der Waals surface area contributed by atoms with Gasteiger partial charge in [-0.15, -0.1) is 0 Å². The highest BCUT2D eigenvalue weighted by Gasteiger charge is 2.15. The number of carbonyl (C=O) groups is 1. The molecule has 0 aromatic heterocycles. The van der Waals surface area contributed by atoms with E-state index in [4.69, 9.17) is 10.6 Å². The maximum Gasteiger partial charge on any atom is 0.247 e. The molecule has 4 nitrogen and oxygen atoms in total. The van der Waals surface area contributed by atoms with Gasteiger partial charge in [0.05, 0.1) is 12.5 Å². The molecule has 1 unspecified atom stereocenters. The number of rotatable bonds is 7. The molecule has 0 aliphatic carbocycles. The third kappa shape index (κ3) is 4.97. The molecule has 0 saturated carbocycles. The summed E-state index contributed by atoms with van der Waals surface area (Å²) in [7, 11) is 0. The van der Waals surface area contributed by atoms with Crippen LogP contribution in [-0.2, 0) is 16.2 Å². The Morgan fingerprint density at radius 1 is 1.41 bits per heavy atom. The molecule has 1 atom stereocenters. The van der Waals surface area contributed by atoms with Crippen LogP contribution in [0.15, 0.2) is 30.3 Å². The largest absolute Gasteiger partial charge is 0.330 e. The zero-order valence-electron chi connectivity index (χ0n) is 10.2. The predicted octanol–water partition coefficient (Wildman–Crippen LogP) is 1.61. The van der Waals surface area contributed by atoms with E-state index in [1.807, 2.05) is 37.3 Å². The van der Waals surface area contributed by atoms with Gasteiger partial charge in [0.25, 0.3) is 0 Å². The summed E-state index contributed by atoms with van der Waals surface area (Å²) in [6.07, 6.45) is 1.73. The second-order valence-electron chi connectivity index (χ2n) is 3.96. The molecule has 0 spiro atoms.